The molecule has 0 bridgehead atoms. The van der Waals surface area contributed by atoms with Gasteiger partial charge in [-0.05, 0) is 49.4 Å². The number of phosphoric acid groups is 2. The molecular formula is C73H142O17P2. The van der Waals surface area contributed by atoms with Crippen molar-refractivity contribution >= 4 is 39.5 Å². The molecule has 0 amide bonds. The van der Waals surface area contributed by atoms with E-state index in [-0.39, 0.29) is 25.7 Å². The molecule has 0 fully saturated rings. The van der Waals surface area contributed by atoms with Gasteiger partial charge in [0.05, 0.1) is 26.4 Å². The smallest absolute Gasteiger partial charge is 0.462 e. The number of carbonyl (C=O) groups excluding carboxylic acids is 4. The van der Waals surface area contributed by atoms with Crippen LogP contribution in [0.1, 0.15) is 364 Å². The summed E-state index contributed by atoms with van der Waals surface area (Å²) >= 11 is 0. The summed E-state index contributed by atoms with van der Waals surface area (Å²) in [7, 11) is -9.91. The van der Waals surface area contributed by atoms with E-state index in [0.29, 0.717) is 31.6 Å². The minimum atomic E-state index is -4.95. The molecule has 5 atom stereocenters. The summed E-state index contributed by atoms with van der Waals surface area (Å²) in [5, 5.41) is 10.6. The third-order valence-corrected chi connectivity index (χ3v) is 18.7. The largest absolute Gasteiger partial charge is 0.472 e. The Labute approximate surface area is 562 Å². The molecule has 0 rings (SSSR count). The molecule has 3 N–H and O–H groups in total. The molecule has 0 saturated heterocycles. The van der Waals surface area contributed by atoms with Crippen LogP contribution >= 0.6 is 15.6 Å². The molecule has 0 spiro atoms. The molecule has 92 heavy (non-hydrogen) atoms. The molecule has 0 aliphatic carbocycles. The molecule has 0 saturated carbocycles. The maximum atomic E-state index is 13.0. The maximum absolute atomic E-state index is 13.0. The van der Waals surface area contributed by atoms with Crippen LogP contribution in [0, 0.1) is 23.7 Å². The number of ether oxygens (including phenoxy) is 4. The van der Waals surface area contributed by atoms with Gasteiger partial charge in [0.2, 0.25) is 0 Å². The van der Waals surface area contributed by atoms with Crippen LogP contribution in [0.3, 0.4) is 0 Å². The number of aliphatic hydroxyl groups excluding tert-OH is 1. The molecule has 546 valence electrons. The highest BCUT2D eigenvalue weighted by Gasteiger charge is 2.30. The third-order valence-electron chi connectivity index (χ3n) is 16.8. The van der Waals surface area contributed by atoms with Crippen molar-refractivity contribution in [1.82, 2.24) is 0 Å². The first-order chi connectivity index (χ1) is 44.1. The lowest BCUT2D eigenvalue weighted by Crippen LogP contribution is -2.30. The zero-order valence-corrected chi connectivity index (χ0v) is 62.0. The highest BCUT2D eigenvalue weighted by atomic mass is 31.2. The lowest BCUT2D eigenvalue weighted by molar-refractivity contribution is -0.161. The molecule has 0 aromatic carbocycles. The Hall–Kier alpha value is -1.94. The van der Waals surface area contributed by atoms with Crippen LogP contribution in [0.4, 0.5) is 0 Å². The van der Waals surface area contributed by atoms with E-state index >= 15 is 0 Å². The Bertz CT molecular complexity index is 1820. The standard InChI is InChI=1S/C73H142O17P2/c1-63(2)49-41-33-25-19-15-13-11-9-10-12-14-16-21-28-37-45-53-70(75)83-59-68(90-73(78)56-48-40-30-24-23-27-35-43-51-65(5)6)61-87-91(79,80)85-57-67(74)58-86-92(81,82)88-62-69(60-84-71(76)54-46-38-32-31-36-44-52-66(7)8)89-72(77)55-47-39-29-22-18-17-20-26-34-42-50-64(3)4/h63-69,74H,9-62H2,1-8H3,(H,79,80)(H,81,82)/t67-,68-,69-/m1/s1. The monoisotopic (exact) mass is 1350 g/mol. The molecular weight excluding hydrogens is 1210 g/mol. The van der Waals surface area contributed by atoms with Crippen molar-refractivity contribution in [3.05, 3.63) is 0 Å². The Kier molecular flexibility index (Phi) is 61.3. The SMILES string of the molecule is CC(C)CCCCCCCCCCCCCCCCCCC(=O)OC[C@H](COP(=O)(O)OC[C@@H](O)COP(=O)(O)OC[C@@H](COC(=O)CCCCCCCCC(C)C)OC(=O)CCCCCCCCCCCCC(C)C)OC(=O)CCCCCCCCCCC(C)C. The second-order valence-electron chi connectivity index (χ2n) is 28.2. The van der Waals surface area contributed by atoms with Gasteiger partial charge in [0, 0.05) is 25.7 Å². The highest BCUT2D eigenvalue weighted by molar-refractivity contribution is 7.47. The summed E-state index contributed by atoms with van der Waals surface area (Å²) < 4.78 is 68.3. The van der Waals surface area contributed by atoms with E-state index in [4.69, 9.17) is 37.0 Å². The number of phosphoric ester groups is 2. The van der Waals surface area contributed by atoms with Crippen molar-refractivity contribution in [2.45, 2.75) is 382 Å². The second-order valence-corrected chi connectivity index (χ2v) is 31.1. The summed E-state index contributed by atoms with van der Waals surface area (Å²) in [5.41, 5.74) is 0. The van der Waals surface area contributed by atoms with Crippen LogP contribution in [0.15, 0.2) is 0 Å². The predicted molar refractivity (Wildman–Crippen MR) is 372 cm³/mol. The lowest BCUT2D eigenvalue weighted by Gasteiger charge is -2.21. The second kappa shape index (κ2) is 62.6. The first kappa shape index (κ1) is 90.1. The van der Waals surface area contributed by atoms with Gasteiger partial charge < -0.3 is 33.8 Å². The Morgan fingerprint density at radius 2 is 0.457 bits per heavy atom. The first-order valence-electron chi connectivity index (χ1n) is 37.7. The van der Waals surface area contributed by atoms with Gasteiger partial charge in [-0.1, -0.05) is 312 Å². The van der Waals surface area contributed by atoms with E-state index < -0.39 is 97.5 Å². The fraction of sp³-hybridized carbons (Fsp3) is 0.945. The molecule has 19 heteroatoms. The van der Waals surface area contributed by atoms with Crippen LogP contribution in [0.25, 0.3) is 0 Å². The Morgan fingerprint density at radius 3 is 0.674 bits per heavy atom. The van der Waals surface area contributed by atoms with Crippen molar-refractivity contribution in [2.24, 2.45) is 23.7 Å². The van der Waals surface area contributed by atoms with Crippen LogP contribution in [0.2, 0.25) is 0 Å². The zero-order chi connectivity index (χ0) is 68.2. The molecule has 17 nitrogen and oxygen atoms in total. The van der Waals surface area contributed by atoms with E-state index in [0.717, 1.165) is 114 Å². The van der Waals surface area contributed by atoms with E-state index in [2.05, 4.69) is 55.4 Å². The normalized spacial score (nSPS) is 14.2. The predicted octanol–water partition coefficient (Wildman–Crippen LogP) is 20.9. The van der Waals surface area contributed by atoms with Gasteiger partial charge in [-0.3, -0.25) is 37.3 Å². The molecule has 0 radical (unpaired) electrons. The Balaban J connectivity index is 5.18. The zero-order valence-electron chi connectivity index (χ0n) is 60.2. The number of hydrogen-bond donors (Lipinski definition) is 3. The maximum Gasteiger partial charge on any atom is 0.472 e. The van der Waals surface area contributed by atoms with E-state index in [9.17, 15) is 43.2 Å². The average Bonchev–Trinajstić information content (AvgIpc) is 2.50. The average molecular weight is 1350 g/mol. The number of aliphatic hydroxyl groups is 1. The molecule has 0 aliphatic rings. The van der Waals surface area contributed by atoms with Crippen LogP contribution in [-0.2, 0) is 65.4 Å². The van der Waals surface area contributed by atoms with Gasteiger partial charge >= 0.3 is 39.5 Å². The van der Waals surface area contributed by atoms with Gasteiger partial charge in [-0.2, -0.15) is 0 Å². The fourth-order valence-electron chi connectivity index (χ4n) is 11.0. The molecule has 0 aliphatic heterocycles. The van der Waals surface area contributed by atoms with Crippen LogP contribution < -0.4 is 0 Å². The summed E-state index contributed by atoms with van der Waals surface area (Å²) in [6, 6.07) is 0. The summed E-state index contributed by atoms with van der Waals surface area (Å²) in [5.74, 6) is 0.833. The van der Waals surface area contributed by atoms with Gasteiger partial charge in [-0.25, -0.2) is 9.13 Å². The molecule has 0 aromatic rings. The minimum Gasteiger partial charge on any atom is -0.462 e. The molecule has 2 unspecified atom stereocenters. The fourth-order valence-corrected chi connectivity index (χ4v) is 12.6. The van der Waals surface area contributed by atoms with Gasteiger partial charge in [0.25, 0.3) is 0 Å². The highest BCUT2D eigenvalue weighted by Crippen LogP contribution is 2.45. The van der Waals surface area contributed by atoms with E-state index in [1.807, 2.05) is 0 Å². The quantitative estimate of drug-likeness (QED) is 0.0222. The summed E-state index contributed by atoms with van der Waals surface area (Å²) in [6.07, 6.45) is 46.1. The number of carbonyl (C=O) groups is 4. The number of unbranched alkanes of at least 4 members (excludes halogenated alkanes) is 36. The molecule has 0 aromatic heterocycles. The van der Waals surface area contributed by atoms with Crippen molar-refractivity contribution < 1.29 is 80.2 Å². The summed E-state index contributed by atoms with van der Waals surface area (Å²) in [6.45, 7) is 14.1. The lowest BCUT2D eigenvalue weighted by atomic mass is 10.0. The van der Waals surface area contributed by atoms with Crippen molar-refractivity contribution in [3.8, 4) is 0 Å². The van der Waals surface area contributed by atoms with Crippen molar-refractivity contribution in [1.29, 1.82) is 0 Å². The van der Waals surface area contributed by atoms with Crippen LogP contribution in [0.5, 0.6) is 0 Å². The third kappa shape index (κ3) is 66.7. The van der Waals surface area contributed by atoms with E-state index in [1.165, 1.54) is 161 Å². The van der Waals surface area contributed by atoms with Crippen molar-refractivity contribution in [3.63, 3.8) is 0 Å². The summed E-state index contributed by atoms with van der Waals surface area (Å²) in [4.78, 5) is 72.6. The van der Waals surface area contributed by atoms with Gasteiger partial charge in [0.15, 0.2) is 12.2 Å². The van der Waals surface area contributed by atoms with Gasteiger partial charge in [-0.15, -0.1) is 0 Å². The van der Waals surface area contributed by atoms with Crippen molar-refractivity contribution in [2.75, 3.05) is 39.6 Å². The van der Waals surface area contributed by atoms with E-state index in [1.54, 1.807) is 0 Å². The van der Waals surface area contributed by atoms with Crippen LogP contribution in [-0.4, -0.2) is 96.7 Å². The Morgan fingerprint density at radius 1 is 0.272 bits per heavy atom. The number of rotatable bonds is 70. The minimum absolute atomic E-state index is 0.104. The number of esters is 4. The molecule has 0 heterocycles. The van der Waals surface area contributed by atoms with Gasteiger partial charge in [0.1, 0.15) is 19.3 Å². The topological polar surface area (TPSA) is 237 Å². The number of hydrogen-bond acceptors (Lipinski definition) is 15. The first-order valence-corrected chi connectivity index (χ1v) is 40.7.